The predicted molar refractivity (Wildman–Crippen MR) is 55.6 cm³/mol. The van der Waals surface area contributed by atoms with Gasteiger partial charge in [0, 0.05) is 5.56 Å². The maximum atomic E-state index is 9.12. The third-order valence-corrected chi connectivity index (χ3v) is 1.98. The molecule has 0 fully saturated rings. The third-order valence-electron chi connectivity index (χ3n) is 1.98. The fourth-order valence-corrected chi connectivity index (χ4v) is 1.30. The maximum absolute atomic E-state index is 9.12. The van der Waals surface area contributed by atoms with Crippen LogP contribution in [0.15, 0.2) is 18.7 Å². The van der Waals surface area contributed by atoms with E-state index in [1.807, 2.05) is 12.1 Å². The molecule has 76 valence electrons. The van der Waals surface area contributed by atoms with Crippen LogP contribution < -0.4 is 9.47 Å². The van der Waals surface area contributed by atoms with Crippen molar-refractivity contribution in [3.8, 4) is 11.5 Å². The molecule has 3 heteroatoms. The highest BCUT2D eigenvalue weighted by Gasteiger charge is 2.10. The van der Waals surface area contributed by atoms with E-state index < -0.39 is 0 Å². The number of methoxy groups -OCH3 is 2. The van der Waals surface area contributed by atoms with Crippen molar-refractivity contribution in [2.45, 2.75) is 6.61 Å². The molecule has 1 aromatic carbocycles. The van der Waals surface area contributed by atoms with Crippen molar-refractivity contribution in [2.75, 3.05) is 14.2 Å². The van der Waals surface area contributed by atoms with Gasteiger partial charge < -0.3 is 14.6 Å². The summed E-state index contributed by atoms with van der Waals surface area (Å²) >= 11 is 0. The lowest BCUT2D eigenvalue weighted by Crippen LogP contribution is -1.97. The Morgan fingerprint density at radius 1 is 1.36 bits per heavy atom. The Balaban J connectivity index is 3.31. The molecule has 0 atom stereocenters. The molecule has 0 amide bonds. The minimum Gasteiger partial charge on any atom is -0.493 e. The molecular formula is C11H14O3. The van der Waals surface area contributed by atoms with Crippen LogP contribution >= 0.6 is 0 Å². The van der Waals surface area contributed by atoms with Crippen LogP contribution in [0.4, 0.5) is 0 Å². The second kappa shape index (κ2) is 4.67. The second-order valence-electron chi connectivity index (χ2n) is 2.78. The first-order chi connectivity index (χ1) is 6.76. The van der Waals surface area contributed by atoms with Crippen LogP contribution in [0.5, 0.6) is 11.5 Å². The van der Waals surface area contributed by atoms with Crippen molar-refractivity contribution >= 4 is 6.08 Å². The molecule has 0 unspecified atom stereocenters. The van der Waals surface area contributed by atoms with Crippen molar-refractivity contribution < 1.29 is 14.6 Å². The zero-order valence-corrected chi connectivity index (χ0v) is 8.41. The van der Waals surface area contributed by atoms with Crippen molar-refractivity contribution in [1.29, 1.82) is 0 Å². The molecule has 0 spiro atoms. The highest BCUT2D eigenvalue weighted by Crippen LogP contribution is 2.32. The number of hydrogen-bond donors (Lipinski definition) is 1. The Morgan fingerprint density at radius 2 is 2.07 bits per heavy atom. The minimum atomic E-state index is -0.0821. The summed E-state index contributed by atoms with van der Waals surface area (Å²) in [6.45, 7) is 3.58. The standard InChI is InChI=1S/C11H14O3/c1-4-8-5-9(7-12)11(14-3)10(6-8)13-2/h4-6,12H,1,7H2,2-3H3. The molecule has 0 bridgehead atoms. The molecule has 0 aliphatic rings. The fraction of sp³-hybridized carbons (Fsp3) is 0.273. The summed E-state index contributed by atoms with van der Waals surface area (Å²) in [5.41, 5.74) is 1.59. The molecule has 0 saturated heterocycles. The zero-order chi connectivity index (χ0) is 10.6. The number of ether oxygens (including phenoxy) is 2. The van der Waals surface area contributed by atoms with Crippen LogP contribution in [0.1, 0.15) is 11.1 Å². The van der Waals surface area contributed by atoms with Crippen molar-refractivity contribution in [3.05, 3.63) is 29.8 Å². The maximum Gasteiger partial charge on any atom is 0.166 e. The molecule has 0 radical (unpaired) electrons. The van der Waals surface area contributed by atoms with Gasteiger partial charge in [-0.3, -0.25) is 0 Å². The van der Waals surface area contributed by atoms with Gasteiger partial charge in [0.2, 0.25) is 0 Å². The molecular weight excluding hydrogens is 180 g/mol. The van der Waals surface area contributed by atoms with E-state index in [1.165, 1.54) is 0 Å². The van der Waals surface area contributed by atoms with Gasteiger partial charge in [0.05, 0.1) is 20.8 Å². The Labute approximate surface area is 83.6 Å². The van der Waals surface area contributed by atoms with Gasteiger partial charge >= 0.3 is 0 Å². The van der Waals surface area contributed by atoms with Gasteiger partial charge in [-0.05, 0) is 17.7 Å². The highest BCUT2D eigenvalue weighted by molar-refractivity contribution is 5.58. The quantitative estimate of drug-likeness (QED) is 0.794. The van der Waals surface area contributed by atoms with E-state index in [4.69, 9.17) is 14.6 Å². The molecule has 1 rings (SSSR count). The molecule has 1 N–H and O–H groups in total. The fourth-order valence-electron chi connectivity index (χ4n) is 1.30. The third kappa shape index (κ3) is 1.88. The van der Waals surface area contributed by atoms with Gasteiger partial charge in [-0.2, -0.15) is 0 Å². The van der Waals surface area contributed by atoms with Crippen LogP contribution in [0.3, 0.4) is 0 Å². The van der Waals surface area contributed by atoms with Gasteiger partial charge in [-0.15, -0.1) is 0 Å². The summed E-state index contributed by atoms with van der Waals surface area (Å²) < 4.78 is 10.3. The van der Waals surface area contributed by atoms with Crippen molar-refractivity contribution in [1.82, 2.24) is 0 Å². The zero-order valence-electron chi connectivity index (χ0n) is 8.41. The van der Waals surface area contributed by atoms with Crippen LogP contribution in [0, 0.1) is 0 Å². The largest absolute Gasteiger partial charge is 0.493 e. The Morgan fingerprint density at radius 3 is 2.50 bits per heavy atom. The second-order valence-corrected chi connectivity index (χ2v) is 2.78. The van der Waals surface area contributed by atoms with E-state index in [0.29, 0.717) is 17.1 Å². The minimum absolute atomic E-state index is 0.0821. The predicted octanol–water partition coefficient (Wildman–Crippen LogP) is 1.84. The lowest BCUT2D eigenvalue weighted by atomic mass is 10.1. The van der Waals surface area contributed by atoms with E-state index in [9.17, 15) is 0 Å². The monoisotopic (exact) mass is 194 g/mol. The number of aliphatic hydroxyl groups is 1. The van der Waals surface area contributed by atoms with Crippen molar-refractivity contribution in [2.24, 2.45) is 0 Å². The number of benzene rings is 1. The average Bonchev–Trinajstić information content (AvgIpc) is 2.26. The van der Waals surface area contributed by atoms with Crippen LogP contribution in [0.25, 0.3) is 6.08 Å². The Kier molecular flexibility index (Phi) is 3.54. The SMILES string of the molecule is C=Cc1cc(CO)c(OC)c(OC)c1. The molecule has 0 aliphatic heterocycles. The Hall–Kier alpha value is -1.48. The van der Waals surface area contributed by atoms with E-state index in [0.717, 1.165) is 5.56 Å². The lowest BCUT2D eigenvalue weighted by Gasteiger charge is -2.12. The average molecular weight is 194 g/mol. The summed E-state index contributed by atoms with van der Waals surface area (Å²) in [6.07, 6.45) is 1.70. The van der Waals surface area contributed by atoms with E-state index in [1.54, 1.807) is 20.3 Å². The summed E-state index contributed by atoms with van der Waals surface area (Å²) in [5, 5.41) is 9.12. The van der Waals surface area contributed by atoms with E-state index >= 15 is 0 Å². The number of aliphatic hydroxyl groups excluding tert-OH is 1. The highest BCUT2D eigenvalue weighted by atomic mass is 16.5. The van der Waals surface area contributed by atoms with Crippen LogP contribution in [-0.2, 0) is 6.61 Å². The molecule has 0 aromatic heterocycles. The topological polar surface area (TPSA) is 38.7 Å². The lowest BCUT2D eigenvalue weighted by molar-refractivity contribution is 0.270. The van der Waals surface area contributed by atoms with Gasteiger partial charge in [0.15, 0.2) is 11.5 Å². The molecule has 0 aliphatic carbocycles. The summed E-state index contributed by atoms with van der Waals surface area (Å²) in [5.74, 6) is 1.18. The molecule has 3 nitrogen and oxygen atoms in total. The summed E-state index contributed by atoms with van der Waals surface area (Å²) in [4.78, 5) is 0. The van der Waals surface area contributed by atoms with Gasteiger partial charge in [-0.1, -0.05) is 12.7 Å². The first-order valence-electron chi connectivity index (χ1n) is 4.25. The summed E-state index contributed by atoms with van der Waals surface area (Å²) in [7, 11) is 3.11. The van der Waals surface area contributed by atoms with Gasteiger partial charge in [-0.25, -0.2) is 0 Å². The molecule has 14 heavy (non-hydrogen) atoms. The first-order valence-corrected chi connectivity index (χ1v) is 4.25. The molecule has 0 saturated carbocycles. The van der Waals surface area contributed by atoms with E-state index in [2.05, 4.69) is 6.58 Å². The molecule has 0 heterocycles. The van der Waals surface area contributed by atoms with Gasteiger partial charge in [0.1, 0.15) is 0 Å². The summed E-state index contributed by atoms with van der Waals surface area (Å²) in [6, 6.07) is 3.62. The smallest absolute Gasteiger partial charge is 0.166 e. The van der Waals surface area contributed by atoms with Crippen LogP contribution in [0.2, 0.25) is 0 Å². The van der Waals surface area contributed by atoms with Crippen LogP contribution in [-0.4, -0.2) is 19.3 Å². The normalized spacial score (nSPS) is 9.64. The van der Waals surface area contributed by atoms with E-state index in [-0.39, 0.29) is 6.61 Å². The van der Waals surface area contributed by atoms with Gasteiger partial charge in [0.25, 0.3) is 0 Å². The Bertz CT molecular complexity index is 306. The number of rotatable bonds is 4. The molecule has 1 aromatic rings. The number of hydrogen-bond acceptors (Lipinski definition) is 3. The first kappa shape index (κ1) is 10.6. The van der Waals surface area contributed by atoms with Crippen molar-refractivity contribution in [3.63, 3.8) is 0 Å².